The molecule has 1 aromatic heterocycles. The number of nitrogens with zero attached hydrogens (tertiary/aromatic N) is 2. The Kier molecular flexibility index (Phi) is 5.35. The summed E-state index contributed by atoms with van der Waals surface area (Å²) in [5.74, 6) is 0. The number of nitrogens with one attached hydrogen (secondary N) is 1. The van der Waals surface area contributed by atoms with E-state index in [4.69, 9.17) is 34.8 Å². The zero-order chi connectivity index (χ0) is 17.3. The Morgan fingerprint density at radius 3 is 2.62 bits per heavy atom. The van der Waals surface area contributed by atoms with E-state index in [0.29, 0.717) is 15.5 Å². The quantitative estimate of drug-likeness (QED) is 0.770. The van der Waals surface area contributed by atoms with Crippen LogP contribution in [0, 0.1) is 0 Å². The number of thioether (sulfide) groups is 1. The zero-order valence-corrected chi connectivity index (χ0v) is 16.1. The van der Waals surface area contributed by atoms with Crippen LogP contribution in [0.4, 0.5) is 5.69 Å². The molecule has 1 aromatic carbocycles. The number of hydrogen-bond acceptors (Lipinski definition) is 4. The normalized spacial score (nSPS) is 15.8. The van der Waals surface area contributed by atoms with Crippen molar-refractivity contribution in [2.24, 2.45) is 0 Å². The highest BCUT2D eigenvalue weighted by Gasteiger charge is 2.35. The summed E-state index contributed by atoms with van der Waals surface area (Å²) >= 11 is 20.0. The number of rotatable bonds is 5. The number of halogens is 3. The molecule has 0 amide bonds. The lowest BCUT2D eigenvalue weighted by Crippen LogP contribution is -2.40. The summed E-state index contributed by atoms with van der Waals surface area (Å²) in [7, 11) is 0. The molecule has 0 atom stereocenters. The predicted molar refractivity (Wildman–Crippen MR) is 103 cm³/mol. The van der Waals surface area contributed by atoms with E-state index in [0.717, 1.165) is 12.2 Å². The van der Waals surface area contributed by atoms with Crippen molar-refractivity contribution in [2.45, 2.75) is 24.0 Å². The van der Waals surface area contributed by atoms with Crippen LogP contribution in [0.3, 0.4) is 0 Å². The molecule has 1 aliphatic rings. The monoisotopic (exact) mass is 403 g/mol. The molecular weight excluding hydrogens is 389 g/mol. The highest BCUT2D eigenvalue weighted by atomic mass is 35.5. The first-order chi connectivity index (χ1) is 11.5. The summed E-state index contributed by atoms with van der Waals surface area (Å²) in [5, 5.41) is 8.02. The van der Waals surface area contributed by atoms with Gasteiger partial charge in [0.15, 0.2) is 0 Å². The van der Waals surface area contributed by atoms with Crippen molar-refractivity contribution in [3.63, 3.8) is 0 Å². The average Bonchev–Trinajstić information content (AvgIpc) is 2.53. The van der Waals surface area contributed by atoms with E-state index in [9.17, 15) is 4.79 Å². The number of aromatic nitrogens is 2. The van der Waals surface area contributed by atoms with Gasteiger partial charge in [-0.25, -0.2) is 0 Å². The Hall–Kier alpha value is -0.880. The van der Waals surface area contributed by atoms with Crippen LogP contribution < -0.4 is 10.9 Å². The van der Waals surface area contributed by atoms with Crippen molar-refractivity contribution in [1.29, 1.82) is 0 Å². The fraction of sp³-hybridized carbons (Fsp3) is 0.375. The summed E-state index contributed by atoms with van der Waals surface area (Å²) in [6.45, 7) is 0.873. The largest absolute Gasteiger partial charge is 0.382 e. The molecule has 2 aromatic rings. The predicted octanol–water partition coefficient (Wildman–Crippen LogP) is 4.89. The first-order valence-electron chi connectivity index (χ1n) is 7.48. The van der Waals surface area contributed by atoms with Crippen LogP contribution in [-0.4, -0.2) is 27.3 Å². The molecule has 0 unspecified atom stereocenters. The molecule has 0 radical (unpaired) electrons. The van der Waals surface area contributed by atoms with Crippen LogP contribution in [-0.2, 0) is 0 Å². The van der Waals surface area contributed by atoms with Crippen LogP contribution >= 0.6 is 46.6 Å². The highest BCUT2D eigenvalue weighted by molar-refractivity contribution is 8.00. The van der Waals surface area contributed by atoms with Gasteiger partial charge in [-0.2, -0.15) is 21.5 Å². The van der Waals surface area contributed by atoms with E-state index >= 15 is 0 Å². The molecular formula is C16H16Cl3N3OS. The number of anilines is 1. The van der Waals surface area contributed by atoms with Gasteiger partial charge in [0.05, 0.1) is 27.6 Å². The molecule has 0 saturated heterocycles. The molecule has 0 spiro atoms. The van der Waals surface area contributed by atoms with Gasteiger partial charge in [0, 0.05) is 11.3 Å². The topological polar surface area (TPSA) is 46.9 Å². The fourth-order valence-corrected chi connectivity index (χ4v) is 4.06. The minimum absolute atomic E-state index is 0.0584. The van der Waals surface area contributed by atoms with Gasteiger partial charge in [0.1, 0.15) is 5.02 Å². The fourth-order valence-electron chi connectivity index (χ4n) is 2.66. The van der Waals surface area contributed by atoms with Gasteiger partial charge in [-0.3, -0.25) is 4.79 Å². The molecule has 128 valence electrons. The SMILES string of the molecule is CSC1(CNc2ccc(-n3ncc(Cl)c(Cl)c3=O)cc2Cl)CCC1. The van der Waals surface area contributed by atoms with Crippen LogP contribution in [0.15, 0.2) is 29.2 Å². The van der Waals surface area contributed by atoms with Gasteiger partial charge in [0.25, 0.3) is 5.56 Å². The second-order valence-electron chi connectivity index (χ2n) is 5.78. The first-order valence-corrected chi connectivity index (χ1v) is 9.84. The van der Waals surface area contributed by atoms with Crippen molar-refractivity contribution in [2.75, 3.05) is 18.1 Å². The second kappa shape index (κ2) is 7.16. The summed E-state index contributed by atoms with van der Waals surface area (Å²) in [6, 6.07) is 5.31. The van der Waals surface area contributed by atoms with E-state index in [-0.39, 0.29) is 10.0 Å². The Labute approximate surface area is 159 Å². The second-order valence-corrected chi connectivity index (χ2v) is 8.25. The van der Waals surface area contributed by atoms with Crippen molar-refractivity contribution < 1.29 is 0 Å². The van der Waals surface area contributed by atoms with E-state index in [1.165, 1.54) is 30.1 Å². The van der Waals surface area contributed by atoms with E-state index in [2.05, 4.69) is 16.7 Å². The van der Waals surface area contributed by atoms with Gasteiger partial charge in [-0.1, -0.05) is 41.2 Å². The zero-order valence-electron chi connectivity index (χ0n) is 13.0. The van der Waals surface area contributed by atoms with E-state index in [1.807, 2.05) is 17.8 Å². The third-order valence-electron chi connectivity index (χ3n) is 4.37. The Morgan fingerprint density at radius 2 is 2.04 bits per heavy atom. The Bertz CT molecular complexity index is 815. The molecule has 1 heterocycles. The lowest BCUT2D eigenvalue weighted by molar-refractivity contribution is 0.380. The van der Waals surface area contributed by atoms with Crippen molar-refractivity contribution in [3.05, 3.63) is 49.8 Å². The van der Waals surface area contributed by atoms with Gasteiger partial charge < -0.3 is 5.32 Å². The van der Waals surface area contributed by atoms with Gasteiger partial charge >= 0.3 is 0 Å². The molecule has 1 aliphatic carbocycles. The first kappa shape index (κ1) is 17.9. The molecule has 1 saturated carbocycles. The summed E-state index contributed by atoms with van der Waals surface area (Å²) in [4.78, 5) is 12.2. The van der Waals surface area contributed by atoms with Gasteiger partial charge in [-0.15, -0.1) is 0 Å². The summed E-state index contributed by atoms with van der Waals surface area (Å²) < 4.78 is 1.49. The minimum Gasteiger partial charge on any atom is -0.382 e. The van der Waals surface area contributed by atoms with Crippen LogP contribution in [0.25, 0.3) is 5.69 Å². The number of benzene rings is 1. The van der Waals surface area contributed by atoms with E-state index < -0.39 is 5.56 Å². The molecule has 8 heteroatoms. The highest BCUT2D eigenvalue weighted by Crippen LogP contribution is 2.43. The molecule has 4 nitrogen and oxygen atoms in total. The van der Waals surface area contributed by atoms with E-state index in [1.54, 1.807) is 12.1 Å². The Balaban J connectivity index is 1.83. The average molecular weight is 405 g/mol. The third-order valence-corrected chi connectivity index (χ3v) is 6.85. The molecule has 0 aliphatic heterocycles. The summed E-state index contributed by atoms with van der Waals surface area (Å²) in [6.07, 6.45) is 7.21. The molecule has 3 rings (SSSR count). The molecule has 1 fully saturated rings. The Morgan fingerprint density at radius 1 is 1.29 bits per heavy atom. The lowest BCUT2D eigenvalue weighted by Gasteiger charge is -2.40. The standard InChI is InChI=1S/C16H16Cl3N3OS/c1-24-16(5-2-6-16)9-20-13-4-3-10(7-11(13)17)22-15(23)14(19)12(18)8-21-22/h3-4,7-8,20H,2,5-6,9H2,1H3. The van der Waals surface area contributed by atoms with Crippen molar-refractivity contribution >= 4 is 52.3 Å². The number of hydrogen-bond donors (Lipinski definition) is 1. The van der Waals surface area contributed by atoms with Crippen molar-refractivity contribution in [3.8, 4) is 5.69 Å². The van der Waals surface area contributed by atoms with Crippen LogP contribution in [0.2, 0.25) is 15.1 Å². The van der Waals surface area contributed by atoms with Crippen LogP contribution in [0.1, 0.15) is 19.3 Å². The lowest BCUT2D eigenvalue weighted by atomic mass is 9.84. The van der Waals surface area contributed by atoms with Gasteiger partial charge in [-0.05, 0) is 37.3 Å². The molecule has 24 heavy (non-hydrogen) atoms. The maximum Gasteiger partial charge on any atom is 0.291 e. The molecule has 0 bridgehead atoms. The maximum atomic E-state index is 12.2. The van der Waals surface area contributed by atoms with Gasteiger partial charge in [0.2, 0.25) is 0 Å². The van der Waals surface area contributed by atoms with Crippen molar-refractivity contribution in [1.82, 2.24) is 9.78 Å². The molecule has 1 N–H and O–H groups in total. The maximum absolute atomic E-state index is 12.2. The minimum atomic E-state index is -0.475. The summed E-state index contributed by atoms with van der Waals surface area (Å²) in [5.41, 5.74) is 0.905. The van der Waals surface area contributed by atoms with Crippen LogP contribution in [0.5, 0.6) is 0 Å². The third kappa shape index (κ3) is 3.40. The smallest absolute Gasteiger partial charge is 0.291 e.